The topological polar surface area (TPSA) is 60.9 Å². The van der Waals surface area contributed by atoms with E-state index in [1.165, 1.54) is 9.87 Å². The van der Waals surface area contributed by atoms with Crippen molar-refractivity contribution < 1.29 is 13.2 Å². The number of amides is 1. The van der Waals surface area contributed by atoms with Crippen LogP contribution in [0.15, 0.2) is 54.4 Å². The number of hydrogen-bond acceptors (Lipinski definition) is 5. The fraction of sp³-hybridized carbons (Fsp3) is 0.381. The predicted molar refractivity (Wildman–Crippen MR) is 119 cm³/mol. The molecule has 0 N–H and O–H groups in total. The minimum atomic E-state index is -3.65. The molecule has 1 aromatic heterocycles. The van der Waals surface area contributed by atoms with Gasteiger partial charge in [-0.2, -0.15) is 4.31 Å². The molecule has 1 aromatic carbocycles. The summed E-state index contributed by atoms with van der Waals surface area (Å²) in [5, 5.41) is 1.94. The Morgan fingerprint density at radius 2 is 1.97 bits per heavy atom. The van der Waals surface area contributed by atoms with Gasteiger partial charge in [0, 0.05) is 43.3 Å². The van der Waals surface area contributed by atoms with Crippen LogP contribution < -0.4 is 4.90 Å². The average molecular weight is 434 g/mol. The Morgan fingerprint density at radius 1 is 1.21 bits per heavy atom. The van der Waals surface area contributed by atoms with Gasteiger partial charge in [0.2, 0.25) is 15.9 Å². The summed E-state index contributed by atoms with van der Waals surface area (Å²) in [5.41, 5.74) is 2.28. The summed E-state index contributed by atoms with van der Waals surface area (Å²) in [7, 11) is -3.65. The van der Waals surface area contributed by atoms with E-state index in [9.17, 15) is 13.2 Å². The molecule has 0 saturated carbocycles. The van der Waals surface area contributed by atoms with Crippen LogP contribution >= 0.6 is 11.3 Å². The van der Waals surface area contributed by atoms with Gasteiger partial charge < -0.3 is 9.80 Å². The molecular weight excluding hydrogens is 406 g/mol. The normalized spacial score (nSPS) is 15.3. The summed E-state index contributed by atoms with van der Waals surface area (Å²) >= 11 is 1.55. The lowest BCUT2D eigenvalue weighted by molar-refractivity contribution is -0.128. The number of anilines is 1. The lowest BCUT2D eigenvalue weighted by Gasteiger charge is -2.35. The lowest BCUT2D eigenvalue weighted by Crippen LogP contribution is -2.51. The first-order valence-electron chi connectivity index (χ1n) is 9.59. The minimum Gasteiger partial charge on any atom is -0.369 e. The molecule has 0 atom stereocenters. The van der Waals surface area contributed by atoms with Crippen molar-refractivity contribution in [2.24, 2.45) is 0 Å². The number of sulfonamides is 1. The lowest BCUT2D eigenvalue weighted by atomic mass is 10.2. The molecule has 0 radical (unpaired) electrons. The number of nitrogens with zero attached hydrogens (tertiary/aromatic N) is 3. The standard InChI is InChI=1S/C21H27N3O3S2/c1-3-9-23(16-20-8-5-14-28-20)21(25)17-29(26,27)24-12-10-22(11-13-24)19-7-4-6-18(2)15-19/h3-8,14-15H,1,9-13,16-17H2,2H3. The number of piperazine rings is 1. The van der Waals surface area contributed by atoms with Gasteiger partial charge in [0.15, 0.2) is 0 Å². The van der Waals surface area contributed by atoms with Crippen LogP contribution in [0.4, 0.5) is 5.69 Å². The van der Waals surface area contributed by atoms with E-state index < -0.39 is 15.8 Å². The van der Waals surface area contributed by atoms with E-state index >= 15 is 0 Å². The molecule has 0 aliphatic carbocycles. The highest BCUT2D eigenvalue weighted by Crippen LogP contribution is 2.19. The number of rotatable bonds is 8. The quantitative estimate of drug-likeness (QED) is 0.601. The van der Waals surface area contributed by atoms with Crippen molar-refractivity contribution in [1.29, 1.82) is 0 Å². The van der Waals surface area contributed by atoms with Crippen LogP contribution in [0.2, 0.25) is 0 Å². The Hall–Kier alpha value is -2.16. The van der Waals surface area contributed by atoms with Gasteiger partial charge in [-0.1, -0.05) is 24.3 Å². The third-order valence-corrected chi connectivity index (χ3v) is 7.56. The number of carbonyl (C=O) groups is 1. The number of thiophene rings is 1. The summed E-state index contributed by atoms with van der Waals surface area (Å²) in [6.45, 7) is 8.45. The van der Waals surface area contributed by atoms with Crippen molar-refractivity contribution in [1.82, 2.24) is 9.21 Å². The number of carbonyl (C=O) groups excluding carboxylic acids is 1. The molecule has 1 fully saturated rings. The highest BCUT2D eigenvalue weighted by Gasteiger charge is 2.30. The van der Waals surface area contributed by atoms with E-state index in [1.807, 2.05) is 42.6 Å². The van der Waals surface area contributed by atoms with Crippen molar-refractivity contribution >= 4 is 33.0 Å². The molecule has 0 unspecified atom stereocenters. The summed E-state index contributed by atoms with van der Waals surface area (Å²) in [6, 6.07) is 12.0. The Bertz CT molecular complexity index is 934. The second-order valence-electron chi connectivity index (χ2n) is 7.12. The van der Waals surface area contributed by atoms with Crippen LogP contribution in [-0.4, -0.2) is 62.0 Å². The summed E-state index contributed by atoms with van der Waals surface area (Å²) < 4.78 is 27.1. The first-order chi connectivity index (χ1) is 13.9. The van der Waals surface area contributed by atoms with Crippen molar-refractivity contribution in [3.8, 4) is 0 Å². The fourth-order valence-corrected chi connectivity index (χ4v) is 5.51. The van der Waals surface area contributed by atoms with Gasteiger partial charge in [-0.25, -0.2) is 8.42 Å². The van der Waals surface area contributed by atoms with Crippen molar-refractivity contribution in [3.05, 3.63) is 64.9 Å². The fourth-order valence-electron chi connectivity index (χ4n) is 3.39. The Morgan fingerprint density at radius 3 is 2.59 bits per heavy atom. The first kappa shape index (κ1) is 21.5. The van der Waals surface area contributed by atoms with Crippen LogP contribution in [-0.2, 0) is 21.4 Å². The molecule has 2 heterocycles. The second kappa shape index (κ2) is 9.56. The SMILES string of the molecule is C=CCN(Cc1cccs1)C(=O)CS(=O)(=O)N1CCN(c2cccc(C)c2)CC1. The highest BCUT2D eigenvalue weighted by molar-refractivity contribution is 7.89. The molecule has 2 aromatic rings. The van der Waals surface area contributed by atoms with Crippen LogP contribution in [0.3, 0.4) is 0 Å². The molecule has 1 amide bonds. The third kappa shape index (κ3) is 5.68. The minimum absolute atomic E-state index is 0.327. The molecular formula is C21H27N3O3S2. The highest BCUT2D eigenvalue weighted by atomic mass is 32.2. The van der Waals surface area contributed by atoms with Gasteiger partial charge in [-0.05, 0) is 36.1 Å². The summed E-state index contributed by atoms with van der Waals surface area (Å²) in [4.78, 5) is 17.4. The smallest absolute Gasteiger partial charge is 0.239 e. The molecule has 0 spiro atoms. The molecule has 6 nitrogen and oxygen atoms in total. The molecule has 29 heavy (non-hydrogen) atoms. The van der Waals surface area contributed by atoms with Gasteiger partial charge in [0.05, 0.1) is 6.54 Å². The van der Waals surface area contributed by atoms with Crippen LogP contribution in [0, 0.1) is 6.92 Å². The van der Waals surface area contributed by atoms with E-state index in [2.05, 4.69) is 17.5 Å². The summed E-state index contributed by atoms with van der Waals surface area (Å²) in [5.74, 6) is -0.893. The molecule has 3 rings (SSSR count). The number of aryl methyl sites for hydroxylation is 1. The van der Waals surface area contributed by atoms with Gasteiger partial charge >= 0.3 is 0 Å². The zero-order valence-corrected chi connectivity index (χ0v) is 18.3. The van der Waals surface area contributed by atoms with Crippen molar-refractivity contribution in [3.63, 3.8) is 0 Å². The Labute approximate surface area is 177 Å². The van der Waals surface area contributed by atoms with Gasteiger partial charge in [-0.15, -0.1) is 17.9 Å². The first-order valence-corrected chi connectivity index (χ1v) is 12.1. The van der Waals surface area contributed by atoms with Gasteiger partial charge in [-0.3, -0.25) is 4.79 Å². The average Bonchev–Trinajstić information content (AvgIpc) is 3.21. The third-order valence-electron chi connectivity index (χ3n) is 4.93. The van der Waals surface area contributed by atoms with Gasteiger partial charge in [0.25, 0.3) is 0 Å². The maximum atomic E-state index is 12.8. The molecule has 8 heteroatoms. The molecule has 0 bridgehead atoms. The van der Waals surface area contributed by atoms with Crippen molar-refractivity contribution in [2.45, 2.75) is 13.5 Å². The molecule has 1 aliphatic rings. The molecule has 1 saturated heterocycles. The van der Waals surface area contributed by atoms with Crippen LogP contribution in [0.1, 0.15) is 10.4 Å². The molecule has 1 aliphatic heterocycles. The Kier molecular flexibility index (Phi) is 7.10. The van der Waals surface area contributed by atoms with E-state index in [0.717, 1.165) is 10.6 Å². The Balaban J connectivity index is 1.60. The zero-order chi connectivity index (χ0) is 20.9. The second-order valence-corrected chi connectivity index (χ2v) is 10.1. The number of benzene rings is 1. The number of hydrogen-bond donors (Lipinski definition) is 0. The van der Waals surface area contributed by atoms with Crippen LogP contribution in [0.25, 0.3) is 0 Å². The largest absolute Gasteiger partial charge is 0.369 e. The van der Waals surface area contributed by atoms with E-state index in [4.69, 9.17) is 0 Å². The van der Waals surface area contributed by atoms with E-state index in [-0.39, 0.29) is 5.91 Å². The maximum Gasteiger partial charge on any atom is 0.239 e. The van der Waals surface area contributed by atoms with E-state index in [1.54, 1.807) is 22.3 Å². The molecule has 156 valence electrons. The van der Waals surface area contributed by atoms with Gasteiger partial charge in [0.1, 0.15) is 5.75 Å². The predicted octanol–water partition coefficient (Wildman–Crippen LogP) is 2.72. The zero-order valence-electron chi connectivity index (χ0n) is 16.7. The van der Waals surface area contributed by atoms with Crippen LogP contribution in [0.5, 0.6) is 0 Å². The van der Waals surface area contributed by atoms with Crippen molar-refractivity contribution in [2.75, 3.05) is 43.4 Å². The monoisotopic (exact) mass is 433 g/mol. The van der Waals surface area contributed by atoms with E-state index in [0.29, 0.717) is 39.3 Å². The maximum absolute atomic E-state index is 12.8. The summed E-state index contributed by atoms with van der Waals surface area (Å²) in [6.07, 6.45) is 1.62.